The largest absolute Gasteiger partial charge is 0.490 e. The van der Waals surface area contributed by atoms with Gasteiger partial charge in [-0.25, -0.2) is 23.5 Å². The highest BCUT2D eigenvalue weighted by Crippen LogP contribution is 2.43. The van der Waals surface area contributed by atoms with E-state index in [1.54, 1.807) is 29.2 Å². The number of hydrogen-bond acceptors (Lipinski definition) is 6. The highest BCUT2D eigenvalue weighted by atomic mass is 19.1. The zero-order chi connectivity index (χ0) is 25.3. The molecule has 3 aromatic heterocycles. The van der Waals surface area contributed by atoms with E-state index in [1.807, 2.05) is 6.07 Å². The topological polar surface area (TPSA) is 92.3 Å². The predicted molar refractivity (Wildman–Crippen MR) is 129 cm³/mol. The number of fused-ring (bicyclic) bond motifs is 3. The molecule has 3 aliphatic rings. The van der Waals surface area contributed by atoms with E-state index in [0.717, 1.165) is 0 Å². The third-order valence-corrected chi connectivity index (χ3v) is 7.04. The van der Waals surface area contributed by atoms with Crippen LogP contribution >= 0.6 is 0 Å². The maximum atomic E-state index is 15.1. The van der Waals surface area contributed by atoms with Crippen LogP contribution in [0.5, 0.6) is 0 Å². The fraction of sp³-hybridized carbons (Fsp3) is 0.308. The van der Waals surface area contributed by atoms with Crippen molar-refractivity contribution in [3.8, 4) is 18.3 Å². The van der Waals surface area contributed by atoms with Crippen LogP contribution in [0.3, 0.4) is 0 Å². The number of terminal acetylenes is 1. The van der Waals surface area contributed by atoms with Crippen molar-refractivity contribution >= 4 is 22.2 Å². The average molecular weight is 502 g/mol. The van der Waals surface area contributed by atoms with E-state index in [2.05, 4.69) is 15.9 Å². The van der Waals surface area contributed by atoms with E-state index < -0.39 is 17.7 Å². The van der Waals surface area contributed by atoms with Crippen LogP contribution < -0.4 is 5.69 Å². The number of halogens is 2. The Balaban J connectivity index is 1.46. The molecule has 9 nitrogen and oxygen atoms in total. The number of epoxide rings is 1. The number of benzene rings is 1. The third-order valence-electron chi connectivity index (χ3n) is 7.04. The SMILES string of the molecule is C#Cc1ccc2ncn(-c3ncc4c(n3)n([C@@H]3CCOC5=C(F)CCC(F)=C53)c(=O)n4CC3CO3)c2c1. The normalized spacial score (nSPS) is 21.3. The average Bonchev–Trinajstić information content (AvgIpc) is 3.58. The molecule has 37 heavy (non-hydrogen) atoms. The van der Waals surface area contributed by atoms with E-state index in [4.69, 9.17) is 20.9 Å². The lowest BCUT2D eigenvalue weighted by Crippen LogP contribution is -2.33. The highest BCUT2D eigenvalue weighted by molar-refractivity contribution is 5.79. The minimum absolute atomic E-state index is 0.0628. The standard InChI is InChI=1S/C26H20F2N6O3/c1-2-14-3-6-18-20(9-14)33(13-30-18)25-29-10-21-24(31-25)34(26(35)32(21)11-15-12-37-15)19-7-8-36-23-17(28)5-4-16(27)22(19)23/h1,3,6,9-10,13,15,19H,4-5,7-8,11-12H2/t15?,19-/m1/s1. The second-order valence-electron chi connectivity index (χ2n) is 9.27. The van der Waals surface area contributed by atoms with E-state index in [-0.39, 0.29) is 54.9 Å². The number of nitrogens with zero attached hydrogens (tertiary/aromatic N) is 6. The van der Waals surface area contributed by atoms with Gasteiger partial charge < -0.3 is 9.47 Å². The monoisotopic (exact) mass is 502 g/mol. The summed E-state index contributed by atoms with van der Waals surface area (Å²) in [5.41, 5.74) is 2.55. The van der Waals surface area contributed by atoms with Crippen LogP contribution in [0, 0.1) is 12.3 Å². The van der Waals surface area contributed by atoms with Crippen LogP contribution in [-0.2, 0) is 16.0 Å². The van der Waals surface area contributed by atoms with E-state index in [0.29, 0.717) is 40.9 Å². The molecule has 0 saturated carbocycles. The molecule has 2 atom stereocenters. The van der Waals surface area contributed by atoms with Crippen molar-refractivity contribution in [3.05, 3.63) is 69.8 Å². The number of allylic oxidation sites excluding steroid dienone is 3. The molecule has 1 aliphatic carbocycles. The molecule has 0 radical (unpaired) electrons. The summed E-state index contributed by atoms with van der Waals surface area (Å²) in [5.74, 6) is 1.79. The first-order valence-corrected chi connectivity index (χ1v) is 12.0. The highest BCUT2D eigenvalue weighted by Gasteiger charge is 2.37. The van der Waals surface area contributed by atoms with Crippen molar-refractivity contribution in [2.24, 2.45) is 0 Å². The van der Waals surface area contributed by atoms with Crippen LogP contribution in [0.4, 0.5) is 8.78 Å². The second-order valence-corrected chi connectivity index (χ2v) is 9.27. The van der Waals surface area contributed by atoms with Crippen LogP contribution in [0.15, 0.2) is 58.5 Å². The molecule has 2 saturated heterocycles. The summed E-state index contributed by atoms with van der Waals surface area (Å²) < 4.78 is 45.3. The van der Waals surface area contributed by atoms with Gasteiger partial charge in [0.15, 0.2) is 11.4 Å². The lowest BCUT2D eigenvalue weighted by Gasteiger charge is -2.31. The van der Waals surface area contributed by atoms with Crippen molar-refractivity contribution in [1.29, 1.82) is 0 Å². The minimum atomic E-state index is -0.776. The van der Waals surface area contributed by atoms with Crippen molar-refractivity contribution in [2.45, 2.75) is 38.0 Å². The smallest absolute Gasteiger partial charge is 0.331 e. The van der Waals surface area contributed by atoms with Gasteiger partial charge in [0.2, 0.25) is 5.95 Å². The number of ether oxygens (including phenoxy) is 2. The molecule has 1 unspecified atom stereocenters. The Morgan fingerprint density at radius 1 is 1.16 bits per heavy atom. The van der Waals surface area contributed by atoms with Crippen LogP contribution in [0.2, 0.25) is 0 Å². The first-order chi connectivity index (χ1) is 18.0. The maximum absolute atomic E-state index is 15.1. The third kappa shape index (κ3) is 3.40. The van der Waals surface area contributed by atoms with Gasteiger partial charge in [0.05, 0.1) is 54.7 Å². The molecule has 2 aliphatic heterocycles. The molecule has 11 heteroatoms. The number of imidazole rings is 2. The van der Waals surface area contributed by atoms with Gasteiger partial charge in [0.1, 0.15) is 23.5 Å². The maximum Gasteiger partial charge on any atom is 0.331 e. The molecule has 4 aromatic rings. The molecule has 186 valence electrons. The lowest BCUT2D eigenvalue weighted by molar-refractivity contribution is 0.152. The van der Waals surface area contributed by atoms with E-state index >= 15 is 4.39 Å². The van der Waals surface area contributed by atoms with Gasteiger partial charge in [-0.2, -0.15) is 4.98 Å². The fourth-order valence-corrected chi connectivity index (χ4v) is 5.16. The summed E-state index contributed by atoms with van der Waals surface area (Å²) in [5, 5.41) is 0. The van der Waals surface area contributed by atoms with Gasteiger partial charge in [-0.15, -0.1) is 6.42 Å². The second kappa shape index (κ2) is 8.11. The quantitative estimate of drug-likeness (QED) is 0.314. The minimum Gasteiger partial charge on any atom is -0.490 e. The Labute approximate surface area is 208 Å². The molecule has 0 spiro atoms. The summed E-state index contributed by atoms with van der Waals surface area (Å²) in [6.45, 7) is 1.01. The molecule has 1 aromatic carbocycles. The van der Waals surface area contributed by atoms with Crippen molar-refractivity contribution < 1.29 is 18.3 Å². The molecular formula is C26H20F2N6O3. The molecule has 0 bridgehead atoms. The predicted octanol–water partition coefficient (Wildman–Crippen LogP) is 3.47. The summed E-state index contributed by atoms with van der Waals surface area (Å²) in [4.78, 5) is 27.5. The first kappa shape index (κ1) is 21.9. The summed E-state index contributed by atoms with van der Waals surface area (Å²) in [6, 6.07) is 4.63. The van der Waals surface area contributed by atoms with Crippen LogP contribution in [0.25, 0.3) is 28.1 Å². The number of aromatic nitrogens is 6. The summed E-state index contributed by atoms with van der Waals surface area (Å²) in [7, 11) is 0. The molecule has 7 rings (SSSR count). The first-order valence-electron chi connectivity index (χ1n) is 12.0. The van der Waals surface area contributed by atoms with Gasteiger partial charge in [0, 0.05) is 24.8 Å². The van der Waals surface area contributed by atoms with Gasteiger partial charge in [-0.1, -0.05) is 5.92 Å². The Morgan fingerprint density at radius 3 is 2.81 bits per heavy atom. The van der Waals surface area contributed by atoms with Gasteiger partial charge >= 0.3 is 5.69 Å². The summed E-state index contributed by atoms with van der Waals surface area (Å²) >= 11 is 0. The van der Waals surface area contributed by atoms with Crippen molar-refractivity contribution in [3.63, 3.8) is 0 Å². The van der Waals surface area contributed by atoms with Gasteiger partial charge in [0.25, 0.3) is 0 Å². The van der Waals surface area contributed by atoms with Gasteiger partial charge in [-0.3, -0.25) is 13.7 Å². The summed E-state index contributed by atoms with van der Waals surface area (Å²) in [6.07, 6.45) is 8.78. The van der Waals surface area contributed by atoms with Crippen molar-refractivity contribution in [2.75, 3.05) is 13.2 Å². The Hall–Kier alpha value is -4.30. The molecular weight excluding hydrogens is 482 g/mol. The zero-order valence-corrected chi connectivity index (χ0v) is 19.5. The molecule has 0 N–H and O–H groups in total. The van der Waals surface area contributed by atoms with E-state index in [1.165, 1.54) is 9.13 Å². The molecule has 0 amide bonds. The van der Waals surface area contributed by atoms with E-state index in [9.17, 15) is 9.18 Å². The van der Waals surface area contributed by atoms with Crippen molar-refractivity contribution in [1.82, 2.24) is 28.7 Å². The number of hydrogen-bond donors (Lipinski definition) is 0. The van der Waals surface area contributed by atoms with Gasteiger partial charge in [-0.05, 0) is 18.2 Å². The molecule has 2 fully saturated rings. The Morgan fingerprint density at radius 2 is 2.00 bits per heavy atom. The Kier molecular flexibility index (Phi) is 4.81. The number of rotatable bonds is 4. The zero-order valence-electron chi connectivity index (χ0n) is 19.5. The Bertz CT molecular complexity index is 1770. The van der Waals surface area contributed by atoms with Crippen LogP contribution in [-0.4, -0.2) is 48.0 Å². The van der Waals surface area contributed by atoms with Crippen LogP contribution in [0.1, 0.15) is 30.9 Å². The molecule has 5 heterocycles. The lowest BCUT2D eigenvalue weighted by atomic mass is 9.92. The fourth-order valence-electron chi connectivity index (χ4n) is 5.16.